The first kappa shape index (κ1) is 14.2. The van der Waals surface area contributed by atoms with E-state index in [4.69, 9.17) is 5.26 Å². The van der Waals surface area contributed by atoms with Crippen molar-refractivity contribution in [1.29, 1.82) is 5.26 Å². The molecule has 2 heterocycles. The van der Waals surface area contributed by atoms with Crippen LogP contribution >= 0.6 is 0 Å². The molecule has 0 radical (unpaired) electrons. The summed E-state index contributed by atoms with van der Waals surface area (Å²) in [5.41, 5.74) is 0.0355. The van der Waals surface area contributed by atoms with Crippen LogP contribution in [0.15, 0.2) is 18.5 Å². The Hall–Kier alpha value is -2.21. The van der Waals surface area contributed by atoms with E-state index in [1.807, 2.05) is 6.07 Å². The molecule has 7 nitrogen and oxygen atoms in total. The summed E-state index contributed by atoms with van der Waals surface area (Å²) in [5.74, 6) is -0.866. The van der Waals surface area contributed by atoms with Crippen LogP contribution in [0.25, 0.3) is 0 Å². The first-order valence-electron chi connectivity index (χ1n) is 5.70. The number of amides is 1. The molecule has 1 saturated heterocycles. The van der Waals surface area contributed by atoms with Gasteiger partial charge in [0.2, 0.25) is 0 Å². The van der Waals surface area contributed by atoms with E-state index in [1.54, 1.807) is 0 Å². The van der Waals surface area contributed by atoms with E-state index in [0.29, 0.717) is 19.4 Å². The number of carbonyl (C=O) groups is 1. The summed E-state index contributed by atoms with van der Waals surface area (Å²) in [7, 11) is -5.17. The molecule has 1 aliphatic rings. The van der Waals surface area contributed by atoms with Gasteiger partial charge in [0.1, 0.15) is 6.04 Å². The Morgan fingerprint density at radius 1 is 1.55 bits per heavy atom. The van der Waals surface area contributed by atoms with Gasteiger partial charge in [-0.05, 0) is 18.9 Å². The van der Waals surface area contributed by atoms with Gasteiger partial charge in [-0.2, -0.15) is 13.7 Å². The third-order valence-corrected chi connectivity index (χ3v) is 3.21. The van der Waals surface area contributed by atoms with Gasteiger partial charge in [-0.3, -0.25) is 9.78 Å². The molecule has 0 bridgehead atoms. The maximum Gasteiger partial charge on any atom is 0.488 e. The van der Waals surface area contributed by atoms with Crippen LogP contribution in [0.5, 0.6) is 5.75 Å². The Labute approximate surface area is 115 Å². The first-order chi connectivity index (χ1) is 9.40. The lowest BCUT2D eigenvalue weighted by atomic mass is 10.2. The van der Waals surface area contributed by atoms with Gasteiger partial charge < -0.3 is 9.08 Å². The number of nitrogens with zero attached hydrogens (tertiary/aromatic N) is 3. The highest BCUT2D eigenvalue weighted by molar-refractivity contribution is 7.81. The van der Waals surface area contributed by atoms with Crippen LogP contribution in [0.3, 0.4) is 0 Å². The van der Waals surface area contributed by atoms with Crippen LogP contribution in [-0.2, 0) is 10.5 Å². The van der Waals surface area contributed by atoms with Gasteiger partial charge in [0, 0.05) is 12.7 Å². The summed E-state index contributed by atoms with van der Waals surface area (Å²) in [6, 6.07) is 2.57. The summed E-state index contributed by atoms with van der Waals surface area (Å²) >= 11 is 0. The van der Waals surface area contributed by atoms with Crippen molar-refractivity contribution in [2.24, 2.45) is 0 Å². The minimum Gasteiger partial charge on any atom is -0.357 e. The molecule has 0 saturated carbocycles. The van der Waals surface area contributed by atoms with Gasteiger partial charge in [0.05, 0.1) is 17.8 Å². The van der Waals surface area contributed by atoms with Crippen molar-refractivity contribution < 1.29 is 21.3 Å². The molecule has 1 aliphatic heterocycles. The van der Waals surface area contributed by atoms with Crippen molar-refractivity contribution in [3.63, 3.8) is 0 Å². The van der Waals surface area contributed by atoms with Crippen molar-refractivity contribution in [3.8, 4) is 11.8 Å². The number of hydrogen-bond acceptors (Lipinski definition) is 6. The molecule has 1 amide bonds. The second kappa shape index (κ2) is 5.42. The second-order valence-electron chi connectivity index (χ2n) is 4.17. The SMILES string of the molecule is N#CC1CCCN1C(=O)c1cncc(OS(=O)(=O)F)c1. The highest BCUT2D eigenvalue weighted by Crippen LogP contribution is 2.21. The monoisotopic (exact) mass is 299 g/mol. The summed E-state index contributed by atoms with van der Waals surface area (Å²) in [5, 5.41) is 8.93. The van der Waals surface area contributed by atoms with Crippen LogP contribution in [0.4, 0.5) is 3.89 Å². The Balaban J connectivity index is 2.23. The van der Waals surface area contributed by atoms with E-state index in [2.05, 4.69) is 9.17 Å². The maximum atomic E-state index is 12.4. The zero-order valence-corrected chi connectivity index (χ0v) is 11.0. The fourth-order valence-electron chi connectivity index (χ4n) is 2.01. The van der Waals surface area contributed by atoms with Crippen molar-refractivity contribution >= 4 is 16.4 Å². The summed E-state index contributed by atoms with van der Waals surface area (Å²) < 4.78 is 37.2. The summed E-state index contributed by atoms with van der Waals surface area (Å²) in [4.78, 5) is 17.2. The van der Waals surface area contributed by atoms with Crippen LogP contribution in [-0.4, -0.2) is 36.8 Å². The molecule has 1 unspecified atom stereocenters. The Morgan fingerprint density at radius 3 is 2.95 bits per heavy atom. The molecule has 0 aromatic carbocycles. The molecule has 1 aromatic heterocycles. The van der Waals surface area contributed by atoms with Crippen LogP contribution in [0.2, 0.25) is 0 Å². The quantitative estimate of drug-likeness (QED) is 0.765. The molecule has 2 rings (SSSR count). The third-order valence-electron chi connectivity index (χ3n) is 2.82. The number of rotatable bonds is 3. The van der Waals surface area contributed by atoms with Crippen molar-refractivity contribution in [2.45, 2.75) is 18.9 Å². The van der Waals surface area contributed by atoms with Crippen LogP contribution in [0.1, 0.15) is 23.2 Å². The molecule has 9 heteroatoms. The topological polar surface area (TPSA) is 100 Å². The Morgan fingerprint density at radius 2 is 2.30 bits per heavy atom. The number of carbonyl (C=O) groups excluding carboxylic acids is 1. The van der Waals surface area contributed by atoms with E-state index in [-0.39, 0.29) is 5.56 Å². The molecular weight excluding hydrogens is 289 g/mol. The second-order valence-corrected chi connectivity index (χ2v) is 5.12. The Bertz CT molecular complexity index is 670. The van der Waals surface area contributed by atoms with E-state index in [1.165, 1.54) is 11.1 Å². The number of aromatic nitrogens is 1. The molecule has 106 valence electrons. The minimum absolute atomic E-state index is 0.0355. The molecular formula is C11H10FN3O4S. The van der Waals surface area contributed by atoms with Crippen molar-refractivity contribution in [1.82, 2.24) is 9.88 Å². The number of nitriles is 1. The fourth-order valence-corrected chi connectivity index (χ4v) is 2.33. The molecule has 0 aliphatic carbocycles. The Kier molecular flexibility index (Phi) is 3.85. The van der Waals surface area contributed by atoms with Gasteiger partial charge in [0.25, 0.3) is 5.91 Å². The summed E-state index contributed by atoms with van der Waals surface area (Å²) in [6.45, 7) is 0.434. The van der Waals surface area contributed by atoms with Crippen LogP contribution < -0.4 is 4.18 Å². The molecule has 1 atom stereocenters. The zero-order chi connectivity index (χ0) is 14.8. The minimum atomic E-state index is -5.17. The normalized spacial score (nSPS) is 18.6. The molecule has 1 aromatic rings. The molecule has 1 fully saturated rings. The first-order valence-corrected chi connectivity index (χ1v) is 7.01. The lowest BCUT2D eigenvalue weighted by Gasteiger charge is -2.19. The van der Waals surface area contributed by atoms with E-state index in [9.17, 15) is 17.1 Å². The largest absolute Gasteiger partial charge is 0.488 e. The highest BCUT2D eigenvalue weighted by atomic mass is 32.3. The molecule has 0 spiro atoms. The van der Waals surface area contributed by atoms with Crippen molar-refractivity contribution in [2.75, 3.05) is 6.54 Å². The number of halogens is 1. The number of hydrogen-bond donors (Lipinski definition) is 0. The van der Waals surface area contributed by atoms with Gasteiger partial charge in [-0.25, -0.2) is 0 Å². The zero-order valence-electron chi connectivity index (χ0n) is 10.2. The smallest absolute Gasteiger partial charge is 0.357 e. The van der Waals surface area contributed by atoms with Gasteiger partial charge in [-0.1, -0.05) is 3.89 Å². The van der Waals surface area contributed by atoms with Gasteiger partial charge in [-0.15, -0.1) is 0 Å². The lowest BCUT2D eigenvalue weighted by molar-refractivity contribution is 0.0764. The molecule has 20 heavy (non-hydrogen) atoms. The average molecular weight is 299 g/mol. The van der Waals surface area contributed by atoms with Crippen LogP contribution in [0, 0.1) is 11.3 Å². The number of likely N-dealkylation sites (tertiary alicyclic amines) is 1. The van der Waals surface area contributed by atoms with Gasteiger partial charge in [0.15, 0.2) is 5.75 Å². The van der Waals surface area contributed by atoms with E-state index >= 15 is 0 Å². The lowest BCUT2D eigenvalue weighted by Crippen LogP contribution is -2.34. The predicted molar refractivity (Wildman–Crippen MR) is 64.6 cm³/mol. The predicted octanol–water partition coefficient (Wildman–Crippen LogP) is 0.803. The average Bonchev–Trinajstić information content (AvgIpc) is 2.84. The van der Waals surface area contributed by atoms with Crippen molar-refractivity contribution in [3.05, 3.63) is 24.0 Å². The molecule has 0 N–H and O–H groups in total. The van der Waals surface area contributed by atoms with E-state index in [0.717, 1.165) is 12.3 Å². The third kappa shape index (κ3) is 3.21. The fraction of sp³-hybridized carbons (Fsp3) is 0.364. The summed E-state index contributed by atoms with van der Waals surface area (Å²) in [6.07, 6.45) is 3.48. The van der Waals surface area contributed by atoms with Gasteiger partial charge >= 0.3 is 10.5 Å². The maximum absolute atomic E-state index is 12.4. The number of pyridine rings is 1. The standard InChI is InChI=1S/C11H10FN3O4S/c12-20(17,18)19-10-4-8(6-14-7-10)11(16)15-3-1-2-9(15)5-13/h4,6-7,9H,1-3H2. The highest BCUT2D eigenvalue weighted by Gasteiger charge is 2.29. The van der Waals surface area contributed by atoms with E-state index < -0.39 is 28.2 Å².